The number of nitrogens with one attached hydrogen (secondary N) is 1. The van der Waals surface area contributed by atoms with E-state index in [2.05, 4.69) is 5.32 Å². The maximum atomic E-state index is 11.8. The van der Waals surface area contributed by atoms with Crippen LogP contribution in [0.3, 0.4) is 0 Å². The monoisotopic (exact) mass is 291 g/mol. The molecule has 1 amide bonds. The lowest BCUT2D eigenvalue weighted by Crippen LogP contribution is -2.35. The van der Waals surface area contributed by atoms with Crippen molar-refractivity contribution in [3.8, 4) is 5.75 Å². The molecular weight excluding hydrogens is 270 g/mol. The summed E-state index contributed by atoms with van der Waals surface area (Å²) in [5.41, 5.74) is 1.76. The number of carbonyl (C=O) groups is 2. The summed E-state index contributed by atoms with van der Waals surface area (Å²) in [7, 11) is 1.60. The minimum atomic E-state index is -0.827. The van der Waals surface area contributed by atoms with Crippen LogP contribution in [0.4, 0.5) is 0 Å². The summed E-state index contributed by atoms with van der Waals surface area (Å²) in [6.45, 7) is 5.48. The zero-order valence-electron chi connectivity index (χ0n) is 12.8. The van der Waals surface area contributed by atoms with Crippen LogP contribution in [-0.2, 0) is 20.9 Å². The molecule has 0 saturated carbocycles. The van der Waals surface area contributed by atoms with Gasteiger partial charge in [0.25, 0.3) is 5.91 Å². The van der Waals surface area contributed by atoms with Crippen LogP contribution < -0.4 is 10.1 Å². The van der Waals surface area contributed by atoms with Crippen LogP contribution in [0.2, 0.25) is 0 Å². The Bertz CT molecular complexity index is 516. The van der Waals surface area contributed by atoms with Gasteiger partial charge >= 0.3 is 5.97 Å². The Morgan fingerprint density at radius 1 is 1.24 bits per heavy atom. The molecule has 0 aliphatic rings. The van der Waals surface area contributed by atoms with E-state index in [1.54, 1.807) is 27.9 Å². The molecule has 0 aromatic heterocycles. The predicted molar refractivity (Wildman–Crippen MR) is 79.8 cm³/mol. The van der Waals surface area contributed by atoms with Gasteiger partial charge < -0.3 is 14.8 Å². The summed E-state index contributed by atoms with van der Waals surface area (Å²) >= 11 is 0. The number of methoxy groups -OCH3 is 1. The highest BCUT2D eigenvalue weighted by molar-refractivity contribution is 5.87. The van der Waals surface area contributed by atoms with E-state index in [1.807, 2.05) is 24.3 Å². The average Bonchev–Trinajstić information content (AvgIpc) is 2.44. The third-order valence-corrected chi connectivity index (χ3v) is 2.69. The van der Waals surface area contributed by atoms with Crippen molar-refractivity contribution in [2.45, 2.75) is 33.4 Å². The van der Waals surface area contributed by atoms with Gasteiger partial charge in [-0.05, 0) is 38.5 Å². The molecule has 5 heteroatoms. The number of esters is 1. The van der Waals surface area contributed by atoms with Gasteiger partial charge in [-0.3, -0.25) is 4.79 Å². The van der Waals surface area contributed by atoms with Crippen molar-refractivity contribution >= 4 is 11.9 Å². The molecule has 0 radical (unpaired) electrons. The lowest BCUT2D eigenvalue weighted by atomic mass is 10.2. The van der Waals surface area contributed by atoms with E-state index < -0.39 is 12.1 Å². The van der Waals surface area contributed by atoms with Gasteiger partial charge in [-0.15, -0.1) is 0 Å². The van der Waals surface area contributed by atoms with E-state index in [0.717, 1.165) is 16.9 Å². The summed E-state index contributed by atoms with van der Waals surface area (Å²) < 4.78 is 10.1. The molecule has 1 atom stereocenters. The molecule has 0 aliphatic heterocycles. The van der Waals surface area contributed by atoms with Gasteiger partial charge in [-0.1, -0.05) is 17.7 Å². The van der Waals surface area contributed by atoms with Crippen molar-refractivity contribution < 1.29 is 19.1 Å². The van der Waals surface area contributed by atoms with E-state index in [1.165, 1.54) is 6.08 Å². The van der Waals surface area contributed by atoms with Crippen LogP contribution in [-0.4, -0.2) is 25.1 Å². The van der Waals surface area contributed by atoms with Crippen molar-refractivity contribution in [1.29, 1.82) is 0 Å². The van der Waals surface area contributed by atoms with Gasteiger partial charge in [-0.2, -0.15) is 0 Å². The zero-order valence-corrected chi connectivity index (χ0v) is 12.8. The first-order valence-corrected chi connectivity index (χ1v) is 6.68. The molecule has 0 fully saturated rings. The third-order valence-electron chi connectivity index (χ3n) is 2.69. The first-order valence-electron chi connectivity index (χ1n) is 6.68. The number of rotatable bonds is 6. The molecule has 0 aliphatic carbocycles. The smallest absolute Gasteiger partial charge is 0.331 e. The number of ether oxygens (including phenoxy) is 2. The number of hydrogen-bond donors (Lipinski definition) is 1. The minimum Gasteiger partial charge on any atom is -0.497 e. The minimum absolute atomic E-state index is 0.332. The van der Waals surface area contributed by atoms with Crippen molar-refractivity contribution in [3.63, 3.8) is 0 Å². The molecule has 1 aromatic carbocycles. The number of allylic oxidation sites excluding steroid dienone is 1. The van der Waals surface area contributed by atoms with Gasteiger partial charge in [0.1, 0.15) is 5.75 Å². The van der Waals surface area contributed by atoms with E-state index in [0.29, 0.717) is 6.54 Å². The van der Waals surface area contributed by atoms with E-state index in [-0.39, 0.29) is 5.91 Å². The molecule has 1 N–H and O–H groups in total. The van der Waals surface area contributed by atoms with Crippen molar-refractivity contribution in [2.75, 3.05) is 7.11 Å². The highest BCUT2D eigenvalue weighted by atomic mass is 16.5. The Balaban J connectivity index is 2.45. The summed E-state index contributed by atoms with van der Waals surface area (Å²) in [5, 5.41) is 2.72. The molecule has 0 bridgehead atoms. The van der Waals surface area contributed by atoms with Gasteiger partial charge in [0.15, 0.2) is 6.10 Å². The summed E-state index contributed by atoms with van der Waals surface area (Å²) in [4.78, 5) is 23.2. The SMILES string of the molecule is COc1ccc(CNC(=O)C(C)OC(=O)C=C(C)C)cc1. The Kier molecular flexibility index (Phi) is 6.46. The number of hydrogen-bond acceptors (Lipinski definition) is 4. The molecule has 21 heavy (non-hydrogen) atoms. The Labute approximate surface area is 124 Å². The van der Waals surface area contributed by atoms with E-state index >= 15 is 0 Å². The van der Waals surface area contributed by atoms with Crippen LogP contribution in [0.5, 0.6) is 5.75 Å². The number of benzene rings is 1. The number of amides is 1. The molecule has 114 valence electrons. The lowest BCUT2D eigenvalue weighted by molar-refractivity contribution is -0.150. The fourth-order valence-electron chi connectivity index (χ4n) is 1.57. The standard InChI is InChI=1S/C16H21NO4/c1-11(2)9-15(18)21-12(3)16(19)17-10-13-5-7-14(20-4)8-6-13/h5-9,12H,10H2,1-4H3,(H,17,19). The fraction of sp³-hybridized carbons (Fsp3) is 0.375. The quantitative estimate of drug-likeness (QED) is 0.644. The maximum absolute atomic E-state index is 11.8. The molecule has 0 saturated heterocycles. The summed E-state index contributed by atoms with van der Waals surface area (Å²) in [5.74, 6) is -0.0856. The van der Waals surface area contributed by atoms with Gasteiger partial charge in [0.2, 0.25) is 0 Å². The van der Waals surface area contributed by atoms with Crippen LogP contribution in [0.1, 0.15) is 26.3 Å². The first kappa shape index (κ1) is 16.8. The average molecular weight is 291 g/mol. The summed E-state index contributed by atoms with van der Waals surface area (Å²) in [6, 6.07) is 7.36. The molecule has 5 nitrogen and oxygen atoms in total. The van der Waals surface area contributed by atoms with Crippen molar-refractivity contribution in [3.05, 3.63) is 41.5 Å². The molecule has 1 rings (SSSR count). The molecular formula is C16H21NO4. The maximum Gasteiger partial charge on any atom is 0.331 e. The Hall–Kier alpha value is -2.30. The second-order valence-corrected chi connectivity index (χ2v) is 4.87. The van der Waals surface area contributed by atoms with Crippen molar-refractivity contribution in [1.82, 2.24) is 5.32 Å². The highest BCUT2D eigenvalue weighted by Gasteiger charge is 2.16. The van der Waals surface area contributed by atoms with Crippen LogP contribution in [0.25, 0.3) is 0 Å². The van der Waals surface area contributed by atoms with E-state index in [4.69, 9.17) is 9.47 Å². The second-order valence-electron chi connectivity index (χ2n) is 4.87. The fourth-order valence-corrected chi connectivity index (χ4v) is 1.57. The van der Waals surface area contributed by atoms with Crippen LogP contribution in [0.15, 0.2) is 35.9 Å². The Morgan fingerprint density at radius 2 is 1.86 bits per heavy atom. The van der Waals surface area contributed by atoms with Crippen molar-refractivity contribution in [2.24, 2.45) is 0 Å². The normalized spacial score (nSPS) is 11.2. The molecule has 1 aromatic rings. The lowest BCUT2D eigenvalue weighted by Gasteiger charge is -2.12. The molecule has 1 unspecified atom stereocenters. The third kappa shape index (κ3) is 6.12. The predicted octanol–water partition coefficient (Wildman–Crippen LogP) is 2.21. The summed E-state index contributed by atoms with van der Waals surface area (Å²) in [6.07, 6.45) is 0.527. The van der Waals surface area contributed by atoms with Crippen LogP contribution in [0, 0.1) is 0 Å². The van der Waals surface area contributed by atoms with Gasteiger partial charge in [0.05, 0.1) is 7.11 Å². The van der Waals surface area contributed by atoms with Gasteiger partial charge in [0, 0.05) is 12.6 Å². The first-order chi connectivity index (χ1) is 9.92. The Morgan fingerprint density at radius 3 is 2.38 bits per heavy atom. The highest BCUT2D eigenvalue weighted by Crippen LogP contribution is 2.11. The largest absolute Gasteiger partial charge is 0.497 e. The van der Waals surface area contributed by atoms with Crippen LogP contribution >= 0.6 is 0 Å². The molecule has 0 spiro atoms. The topological polar surface area (TPSA) is 64.6 Å². The molecule has 0 heterocycles. The second kappa shape index (κ2) is 8.09. The van der Waals surface area contributed by atoms with Gasteiger partial charge in [-0.25, -0.2) is 4.79 Å². The zero-order chi connectivity index (χ0) is 15.8. The van der Waals surface area contributed by atoms with E-state index in [9.17, 15) is 9.59 Å². The number of carbonyl (C=O) groups excluding carboxylic acids is 2.